The van der Waals surface area contributed by atoms with Gasteiger partial charge < -0.3 is 9.72 Å². The highest BCUT2D eigenvalue weighted by Gasteiger charge is 2.02. The molecule has 0 radical (unpaired) electrons. The Morgan fingerprint density at radius 1 is 1.31 bits per heavy atom. The maximum atomic E-state index is 10.9. The number of benzene rings is 1. The van der Waals surface area contributed by atoms with Crippen molar-refractivity contribution in [2.75, 3.05) is 0 Å². The lowest BCUT2D eigenvalue weighted by Crippen LogP contribution is -2.11. The standard InChI is InChI=1S/C11H9BrN2O2/c1-7-10(6-13-11(15)14-7)16-9-4-2-8(12)3-5-9/h2-6H,1H3,(H,13,14,15). The van der Waals surface area contributed by atoms with E-state index in [1.807, 2.05) is 24.3 Å². The second-order valence-electron chi connectivity index (χ2n) is 3.23. The number of nitrogens with zero attached hydrogens (tertiary/aromatic N) is 1. The Hall–Kier alpha value is -1.62. The predicted molar refractivity (Wildman–Crippen MR) is 63.8 cm³/mol. The van der Waals surface area contributed by atoms with Gasteiger partial charge in [-0.05, 0) is 31.2 Å². The summed E-state index contributed by atoms with van der Waals surface area (Å²) in [6.07, 6.45) is 1.41. The number of aromatic nitrogens is 2. The Morgan fingerprint density at radius 2 is 2.00 bits per heavy atom. The molecule has 0 saturated heterocycles. The highest BCUT2D eigenvalue weighted by atomic mass is 79.9. The van der Waals surface area contributed by atoms with Crippen molar-refractivity contribution in [2.24, 2.45) is 0 Å². The Kier molecular flexibility index (Phi) is 3.05. The fourth-order valence-electron chi connectivity index (χ4n) is 1.20. The fourth-order valence-corrected chi connectivity index (χ4v) is 1.47. The zero-order chi connectivity index (χ0) is 11.5. The van der Waals surface area contributed by atoms with Crippen LogP contribution in [0.4, 0.5) is 0 Å². The fraction of sp³-hybridized carbons (Fsp3) is 0.0909. The average Bonchev–Trinajstić information content (AvgIpc) is 2.25. The van der Waals surface area contributed by atoms with E-state index >= 15 is 0 Å². The van der Waals surface area contributed by atoms with E-state index in [1.54, 1.807) is 6.92 Å². The highest BCUT2D eigenvalue weighted by Crippen LogP contribution is 2.23. The van der Waals surface area contributed by atoms with Crippen LogP contribution in [0.2, 0.25) is 0 Å². The number of halogens is 1. The van der Waals surface area contributed by atoms with Crippen LogP contribution in [0.1, 0.15) is 5.69 Å². The van der Waals surface area contributed by atoms with Gasteiger partial charge in [0.05, 0.1) is 11.9 Å². The average molecular weight is 281 g/mol. The van der Waals surface area contributed by atoms with Crippen molar-refractivity contribution in [3.63, 3.8) is 0 Å². The van der Waals surface area contributed by atoms with Crippen LogP contribution in [0.3, 0.4) is 0 Å². The summed E-state index contributed by atoms with van der Waals surface area (Å²) in [7, 11) is 0. The minimum atomic E-state index is -0.374. The summed E-state index contributed by atoms with van der Waals surface area (Å²) < 4.78 is 6.55. The van der Waals surface area contributed by atoms with E-state index in [9.17, 15) is 4.79 Å². The van der Waals surface area contributed by atoms with Crippen LogP contribution >= 0.6 is 15.9 Å². The van der Waals surface area contributed by atoms with Gasteiger partial charge in [-0.1, -0.05) is 15.9 Å². The van der Waals surface area contributed by atoms with Crippen molar-refractivity contribution in [3.05, 3.63) is 51.1 Å². The van der Waals surface area contributed by atoms with Gasteiger partial charge in [-0.15, -0.1) is 0 Å². The molecule has 0 aliphatic rings. The molecule has 1 aromatic heterocycles. The highest BCUT2D eigenvalue weighted by molar-refractivity contribution is 9.10. The van der Waals surface area contributed by atoms with Crippen molar-refractivity contribution >= 4 is 15.9 Å². The first-order valence-corrected chi connectivity index (χ1v) is 5.44. The third-order valence-corrected chi connectivity index (χ3v) is 2.53. The minimum absolute atomic E-state index is 0.374. The summed E-state index contributed by atoms with van der Waals surface area (Å²) >= 11 is 3.34. The van der Waals surface area contributed by atoms with Crippen LogP contribution in [-0.4, -0.2) is 9.97 Å². The molecule has 5 heteroatoms. The van der Waals surface area contributed by atoms with Crippen LogP contribution in [0, 0.1) is 6.92 Å². The molecule has 0 aliphatic carbocycles. The number of nitrogens with one attached hydrogen (secondary N) is 1. The molecule has 0 bridgehead atoms. The zero-order valence-electron chi connectivity index (χ0n) is 8.53. The lowest BCUT2D eigenvalue weighted by Gasteiger charge is -2.06. The van der Waals surface area contributed by atoms with Crippen LogP contribution in [0.5, 0.6) is 11.5 Å². The molecule has 0 aliphatic heterocycles. The number of hydrogen-bond acceptors (Lipinski definition) is 3. The normalized spacial score (nSPS) is 10.1. The van der Waals surface area contributed by atoms with E-state index in [0.717, 1.165) is 4.47 Å². The molecule has 0 amide bonds. The molecule has 0 atom stereocenters. The summed E-state index contributed by atoms with van der Waals surface area (Å²) in [5.41, 5.74) is 0.281. The van der Waals surface area contributed by atoms with E-state index < -0.39 is 0 Å². The first-order valence-electron chi connectivity index (χ1n) is 4.64. The van der Waals surface area contributed by atoms with Gasteiger partial charge in [0.2, 0.25) is 0 Å². The Bertz CT molecular complexity index is 549. The third kappa shape index (κ3) is 2.49. The SMILES string of the molecule is Cc1[nH]c(=O)ncc1Oc1ccc(Br)cc1. The molecule has 2 aromatic rings. The first-order chi connectivity index (χ1) is 7.65. The Morgan fingerprint density at radius 3 is 2.62 bits per heavy atom. The van der Waals surface area contributed by atoms with Crippen molar-refractivity contribution in [1.29, 1.82) is 0 Å². The molecule has 0 spiro atoms. The third-order valence-electron chi connectivity index (χ3n) is 2.00. The van der Waals surface area contributed by atoms with Gasteiger partial charge in [0.15, 0.2) is 5.75 Å². The lowest BCUT2D eigenvalue weighted by atomic mass is 10.3. The number of aromatic amines is 1. The Balaban J connectivity index is 2.27. The minimum Gasteiger partial charge on any atom is -0.454 e. The molecular weight excluding hydrogens is 272 g/mol. The van der Waals surface area contributed by atoms with Crippen LogP contribution in [0.15, 0.2) is 39.7 Å². The molecule has 1 aromatic carbocycles. The molecule has 0 fully saturated rings. The van der Waals surface area contributed by atoms with E-state index in [2.05, 4.69) is 25.9 Å². The maximum Gasteiger partial charge on any atom is 0.345 e. The number of H-pyrrole nitrogens is 1. The molecule has 0 unspecified atom stereocenters. The van der Waals surface area contributed by atoms with Gasteiger partial charge in [-0.25, -0.2) is 4.79 Å². The Labute approximate surface area is 100 Å². The van der Waals surface area contributed by atoms with E-state index in [0.29, 0.717) is 17.2 Å². The van der Waals surface area contributed by atoms with Gasteiger partial charge in [0.1, 0.15) is 5.75 Å². The monoisotopic (exact) mass is 280 g/mol. The first kappa shape index (κ1) is 10.9. The second kappa shape index (κ2) is 4.49. The summed E-state index contributed by atoms with van der Waals surface area (Å²) in [5.74, 6) is 1.24. The van der Waals surface area contributed by atoms with Crippen LogP contribution in [0.25, 0.3) is 0 Å². The van der Waals surface area contributed by atoms with E-state index in [-0.39, 0.29) is 5.69 Å². The van der Waals surface area contributed by atoms with Crippen molar-refractivity contribution in [2.45, 2.75) is 6.92 Å². The molecular formula is C11H9BrN2O2. The van der Waals surface area contributed by atoms with E-state index in [1.165, 1.54) is 6.20 Å². The lowest BCUT2D eigenvalue weighted by molar-refractivity contribution is 0.471. The molecule has 16 heavy (non-hydrogen) atoms. The molecule has 82 valence electrons. The summed E-state index contributed by atoms with van der Waals surface area (Å²) in [6.45, 7) is 1.76. The zero-order valence-corrected chi connectivity index (χ0v) is 10.1. The quantitative estimate of drug-likeness (QED) is 0.920. The molecule has 0 saturated carbocycles. The summed E-state index contributed by atoms with van der Waals surface area (Å²) in [4.78, 5) is 17.1. The number of ether oxygens (including phenoxy) is 1. The number of rotatable bonds is 2. The molecule has 1 heterocycles. The molecule has 2 rings (SSSR count). The molecule has 1 N–H and O–H groups in total. The topological polar surface area (TPSA) is 55.0 Å². The summed E-state index contributed by atoms with van der Waals surface area (Å²) in [5, 5.41) is 0. The van der Waals surface area contributed by atoms with E-state index in [4.69, 9.17) is 4.74 Å². The smallest absolute Gasteiger partial charge is 0.345 e. The van der Waals surface area contributed by atoms with Gasteiger partial charge in [-0.3, -0.25) is 0 Å². The molecule has 4 nitrogen and oxygen atoms in total. The van der Waals surface area contributed by atoms with Gasteiger partial charge in [-0.2, -0.15) is 4.98 Å². The van der Waals surface area contributed by atoms with Crippen molar-refractivity contribution < 1.29 is 4.74 Å². The van der Waals surface area contributed by atoms with Crippen molar-refractivity contribution in [1.82, 2.24) is 9.97 Å². The number of aryl methyl sites for hydroxylation is 1. The van der Waals surface area contributed by atoms with Crippen LogP contribution in [-0.2, 0) is 0 Å². The second-order valence-corrected chi connectivity index (χ2v) is 4.15. The van der Waals surface area contributed by atoms with Crippen molar-refractivity contribution in [3.8, 4) is 11.5 Å². The summed E-state index contributed by atoms with van der Waals surface area (Å²) in [6, 6.07) is 7.41. The van der Waals surface area contributed by atoms with Gasteiger partial charge in [0.25, 0.3) is 0 Å². The predicted octanol–water partition coefficient (Wildman–Crippen LogP) is 2.63. The largest absolute Gasteiger partial charge is 0.454 e. The maximum absolute atomic E-state index is 10.9. The number of hydrogen-bond donors (Lipinski definition) is 1. The van der Waals surface area contributed by atoms with Crippen LogP contribution < -0.4 is 10.4 Å². The van der Waals surface area contributed by atoms with Gasteiger partial charge in [0, 0.05) is 4.47 Å². The van der Waals surface area contributed by atoms with Gasteiger partial charge >= 0.3 is 5.69 Å².